The van der Waals surface area contributed by atoms with E-state index in [1.807, 2.05) is 6.07 Å². The maximum Gasteiger partial charge on any atom is 0.0778 e. The third kappa shape index (κ3) is 3.70. The molecular formula is C15H20BrIO. The fourth-order valence-corrected chi connectivity index (χ4v) is 4.06. The van der Waals surface area contributed by atoms with Gasteiger partial charge in [-0.25, -0.2) is 0 Å². The van der Waals surface area contributed by atoms with Crippen molar-refractivity contribution in [2.75, 3.05) is 4.43 Å². The van der Waals surface area contributed by atoms with Crippen LogP contribution in [0.2, 0.25) is 0 Å². The van der Waals surface area contributed by atoms with Crippen molar-refractivity contribution in [1.29, 1.82) is 0 Å². The summed E-state index contributed by atoms with van der Waals surface area (Å²) in [5, 5.41) is 0. The van der Waals surface area contributed by atoms with E-state index in [9.17, 15) is 0 Å². The molecule has 0 saturated heterocycles. The molecule has 100 valence electrons. The molecule has 1 saturated carbocycles. The molecule has 3 heteroatoms. The molecule has 1 aliphatic rings. The summed E-state index contributed by atoms with van der Waals surface area (Å²) in [6.45, 7) is 3.07. The van der Waals surface area contributed by atoms with Gasteiger partial charge in [0.2, 0.25) is 0 Å². The van der Waals surface area contributed by atoms with E-state index < -0.39 is 0 Å². The van der Waals surface area contributed by atoms with E-state index in [0.717, 1.165) is 21.4 Å². The molecule has 0 amide bonds. The number of rotatable bonds is 4. The standard InChI is InChI=1S/C15H20BrIO/c1-12-5-4-8-15(9-12,11-17)18-10-13-6-2-3-7-14(13)16/h2-3,6-7,12H,4-5,8-11H2,1H3. The normalized spacial score (nSPS) is 28.3. The van der Waals surface area contributed by atoms with Gasteiger partial charge in [0, 0.05) is 8.90 Å². The minimum Gasteiger partial charge on any atom is -0.369 e. The third-order valence-electron chi connectivity index (χ3n) is 3.79. The Kier molecular flexibility index (Phi) is 5.51. The van der Waals surface area contributed by atoms with Crippen LogP contribution in [-0.2, 0) is 11.3 Å². The maximum absolute atomic E-state index is 6.32. The van der Waals surface area contributed by atoms with Crippen molar-refractivity contribution in [3.05, 3.63) is 34.3 Å². The van der Waals surface area contributed by atoms with E-state index in [2.05, 4.69) is 63.6 Å². The number of hydrogen-bond acceptors (Lipinski definition) is 1. The summed E-state index contributed by atoms with van der Waals surface area (Å²) in [7, 11) is 0. The fourth-order valence-electron chi connectivity index (χ4n) is 2.75. The van der Waals surface area contributed by atoms with Crippen LogP contribution in [0.4, 0.5) is 0 Å². The highest BCUT2D eigenvalue weighted by Gasteiger charge is 2.34. The number of hydrogen-bond donors (Lipinski definition) is 0. The fraction of sp³-hybridized carbons (Fsp3) is 0.600. The van der Waals surface area contributed by atoms with Crippen LogP contribution >= 0.6 is 38.5 Å². The molecule has 0 aromatic heterocycles. The Morgan fingerprint density at radius 1 is 1.44 bits per heavy atom. The van der Waals surface area contributed by atoms with E-state index in [4.69, 9.17) is 4.74 Å². The minimum atomic E-state index is 0.105. The van der Waals surface area contributed by atoms with Crippen LogP contribution in [0.1, 0.15) is 38.2 Å². The van der Waals surface area contributed by atoms with Crippen LogP contribution in [0.5, 0.6) is 0 Å². The van der Waals surface area contributed by atoms with Gasteiger partial charge in [-0.15, -0.1) is 0 Å². The molecule has 0 N–H and O–H groups in total. The second-order valence-corrected chi connectivity index (χ2v) is 7.02. The number of halogens is 2. The van der Waals surface area contributed by atoms with Crippen molar-refractivity contribution in [1.82, 2.24) is 0 Å². The molecule has 0 radical (unpaired) electrons. The van der Waals surface area contributed by atoms with Crippen LogP contribution < -0.4 is 0 Å². The number of alkyl halides is 1. The van der Waals surface area contributed by atoms with Gasteiger partial charge in [0.25, 0.3) is 0 Å². The highest BCUT2D eigenvalue weighted by atomic mass is 127. The average Bonchev–Trinajstić information content (AvgIpc) is 2.38. The molecule has 1 aromatic carbocycles. The SMILES string of the molecule is CC1CCCC(CI)(OCc2ccccc2Br)C1. The predicted molar refractivity (Wildman–Crippen MR) is 88.2 cm³/mol. The van der Waals surface area contributed by atoms with Crippen LogP contribution in [-0.4, -0.2) is 10.0 Å². The molecule has 1 aromatic rings. The zero-order valence-corrected chi connectivity index (χ0v) is 14.5. The molecule has 0 aliphatic heterocycles. The predicted octanol–water partition coefficient (Wildman–Crippen LogP) is 5.35. The summed E-state index contributed by atoms with van der Waals surface area (Å²) in [5.41, 5.74) is 1.35. The van der Waals surface area contributed by atoms with Gasteiger partial charge in [-0.1, -0.05) is 76.5 Å². The van der Waals surface area contributed by atoms with Gasteiger partial charge < -0.3 is 4.74 Å². The lowest BCUT2D eigenvalue weighted by molar-refractivity contribution is -0.0718. The Labute approximate surface area is 132 Å². The molecule has 2 atom stereocenters. The Hall–Kier alpha value is 0.390. The third-order valence-corrected chi connectivity index (χ3v) is 5.95. The van der Waals surface area contributed by atoms with Crippen LogP contribution in [0.25, 0.3) is 0 Å². The summed E-state index contributed by atoms with van der Waals surface area (Å²) in [5.74, 6) is 0.799. The first kappa shape index (κ1) is 14.8. The second kappa shape index (κ2) is 6.71. The van der Waals surface area contributed by atoms with Crippen molar-refractivity contribution in [3.63, 3.8) is 0 Å². The molecule has 2 rings (SSSR count). The van der Waals surface area contributed by atoms with Gasteiger partial charge in [0.05, 0.1) is 12.2 Å². The van der Waals surface area contributed by atoms with Gasteiger partial charge in [0.15, 0.2) is 0 Å². The van der Waals surface area contributed by atoms with E-state index in [0.29, 0.717) is 0 Å². The zero-order chi connectivity index (χ0) is 13.0. The van der Waals surface area contributed by atoms with Crippen LogP contribution in [0.3, 0.4) is 0 Å². The first-order valence-corrected chi connectivity index (χ1v) is 8.90. The lowest BCUT2D eigenvalue weighted by Gasteiger charge is -2.39. The van der Waals surface area contributed by atoms with Gasteiger partial charge in [0.1, 0.15) is 0 Å². The molecule has 0 heterocycles. The molecule has 0 bridgehead atoms. The first-order valence-electron chi connectivity index (χ1n) is 6.58. The van der Waals surface area contributed by atoms with Crippen molar-refractivity contribution in [2.24, 2.45) is 5.92 Å². The largest absolute Gasteiger partial charge is 0.369 e. The summed E-state index contributed by atoms with van der Waals surface area (Å²) in [6.07, 6.45) is 5.09. The monoisotopic (exact) mass is 422 g/mol. The maximum atomic E-state index is 6.32. The number of ether oxygens (including phenoxy) is 1. The Morgan fingerprint density at radius 3 is 2.89 bits per heavy atom. The average molecular weight is 423 g/mol. The van der Waals surface area contributed by atoms with Crippen molar-refractivity contribution in [2.45, 2.75) is 44.8 Å². The van der Waals surface area contributed by atoms with E-state index >= 15 is 0 Å². The summed E-state index contributed by atoms with van der Waals surface area (Å²) in [6, 6.07) is 8.34. The first-order chi connectivity index (χ1) is 8.65. The Balaban J connectivity index is 2.01. The molecule has 18 heavy (non-hydrogen) atoms. The van der Waals surface area contributed by atoms with E-state index in [1.54, 1.807) is 0 Å². The van der Waals surface area contributed by atoms with Crippen LogP contribution in [0, 0.1) is 5.92 Å². The molecule has 1 aliphatic carbocycles. The molecule has 2 unspecified atom stereocenters. The topological polar surface area (TPSA) is 9.23 Å². The Morgan fingerprint density at radius 2 is 2.22 bits per heavy atom. The van der Waals surface area contributed by atoms with Gasteiger partial charge in [-0.2, -0.15) is 0 Å². The van der Waals surface area contributed by atoms with Crippen LogP contribution in [0.15, 0.2) is 28.7 Å². The summed E-state index contributed by atoms with van der Waals surface area (Å²) >= 11 is 6.08. The smallest absolute Gasteiger partial charge is 0.0778 e. The van der Waals surface area contributed by atoms with Gasteiger partial charge in [-0.3, -0.25) is 0 Å². The molecule has 1 nitrogen and oxygen atoms in total. The Bertz CT molecular complexity index is 396. The van der Waals surface area contributed by atoms with Crippen molar-refractivity contribution < 1.29 is 4.74 Å². The van der Waals surface area contributed by atoms with Crippen molar-refractivity contribution in [3.8, 4) is 0 Å². The second-order valence-electron chi connectivity index (χ2n) is 5.40. The van der Waals surface area contributed by atoms with E-state index in [1.165, 1.54) is 31.2 Å². The quantitative estimate of drug-likeness (QED) is 0.469. The lowest BCUT2D eigenvalue weighted by atomic mass is 9.80. The lowest BCUT2D eigenvalue weighted by Crippen LogP contribution is -2.39. The molecule has 0 spiro atoms. The van der Waals surface area contributed by atoms with Gasteiger partial charge >= 0.3 is 0 Å². The highest BCUT2D eigenvalue weighted by molar-refractivity contribution is 14.1. The zero-order valence-electron chi connectivity index (χ0n) is 10.8. The molecule has 1 fully saturated rings. The minimum absolute atomic E-state index is 0.105. The highest BCUT2D eigenvalue weighted by Crippen LogP contribution is 2.37. The summed E-state index contributed by atoms with van der Waals surface area (Å²) in [4.78, 5) is 0. The van der Waals surface area contributed by atoms with E-state index in [-0.39, 0.29) is 5.60 Å². The molecular weight excluding hydrogens is 403 g/mol. The van der Waals surface area contributed by atoms with Crippen molar-refractivity contribution >= 4 is 38.5 Å². The number of benzene rings is 1. The van der Waals surface area contributed by atoms with Gasteiger partial charge in [-0.05, 0) is 30.4 Å². The summed E-state index contributed by atoms with van der Waals surface area (Å²) < 4.78 is 8.57.